The molecule has 23 heavy (non-hydrogen) atoms. The number of aromatic nitrogens is 3. The van der Waals surface area contributed by atoms with Crippen LogP contribution in [-0.4, -0.2) is 51.4 Å². The molecule has 1 aliphatic heterocycles. The van der Waals surface area contributed by atoms with Gasteiger partial charge in [-0.25, -0.2) is 4.98 Å². The Kier molecular flexibility index (Phi) is 7.84. The normalized spacial score (nSPS) is 17.1. The molecule has 6 nitrogen and oxygen atoms in total. The number of hydrogen-bond acceptors (Lipinski definition) is 6. The van der Waals surface area contributed by atoms with Crippen LogP contribution in [0.25, 0.3) is 10.7 Å². The molecule has 2 aromatic heterocycles. The lowest BCUT2D eigenvalue weighted by Gasteiger charge is -2.33. The monoisotopic (exact) mass is 375 g/mol. The van der Waals surface area contributed by atoms with E-state index >= 15 is 0 Å². The van der Waals surface area contributed by atoms with E-state index in [9.17, 15) is 4.79 Å². The summed E-state index contributed by atoms with van der Waals surface area (Å²) in [6.07, 6.45) is 5.31. The van der Waals surface area contributed by atoms with Crippen LogP contribution in [0.5, 0.6) is 0 Å². The fourth-order valence-electron chi connectivity index (χ4n) is 2.38. The van der Waals surface area contributed by atoms with Crippen LogP contribution >= 0.6 is 36.2 Å². The second-order valence-electron chi connectivity index (χ2n) is 5.05. The van der Waals surface area contributed by atoms with Gasteiger partial charge in [-0.05, 0) is 6.92 Å². The molecule has 0 bridgehead atoms. The highest BCUT2D eigenvalue weighted by molar-refractivity contribution is 7.13. The zero-order valence-electron chi connectivity index (χ0n) is 12.6. The molecule has 3 rings (SSSR count). The number of nitrogens with zero attached hydrogens (tertiary/aromatic N) is 4. The first-order valence-corrected chi connectivity index (χ1v) is 7.83. The van der Waals surface area contributed by atoms with Crippen molar-refractivity contribution < 1.29 is 4.79 Å². The number of piperazine rings is 1. The fourth-order valence-corrected chi connectivity index (χ4v) is 3.16. The Bertz CT molecular complexity index is 625. The number of amides is 1. The Morgan fingerprint density at radius 1 is 1.43 bits per heavy atom. The molecule has 9 heteroatoms. The summed E-state index contributed by atoms with van der Waals surface area (Å²) < 4.78 is 0. The molecule has 0 saturated carbocycles. The zero-order chi connectivity index (χ0) is 14.7. The summed E-state index contributed by atoms with van der Waals surface area (Å²) in [5.74, 6) is 0.139. The quantitative estimate of drug-likeness (QED) is 0.885. The SMILES string of the molecule is C[C@H]1CNCCN1C(=O)Cc1csc(-c2cnccn2)n1.Cl.Cl. The van der Waals surface area contributed by atoms with Gasteiger partial charge in [0.1, 0.15) is 10.7 Å². The third kappa shape index (κ3) is 4.84. The van der Waals surface area contributed by atoms with Crippen LogP contribution in [0.15, 0.2) is 24.0 Å². The molecule has 1 amide bonds. The number of thiazole rings is 1. The van der Waals surface area contributed by atoms with Gasteiger partial charge < -0.3 is 10.2 Å². The molecule has 1 N–H and O–H groups in total. The van der Waals surface area contributed by atoms with Gasteiger partial charge in [-0.3, -0.25) is 14.8 Å². The van der Waals surface area contributed by atoms with Crippen LogP contribution in [0.2, 0.25) is 0 Å². The van der Waals surface area contributed by atoms with E-state index in [0.29, 0.717) is 6.42 Å². The first-order chi connectivity index (χ1) is 10.2. The Labute approximate surface area is 151 Å². The van der Waals surface area contributed by atoms with E-state index in [1.165, 1.54) is 11.3 Å². The predicted octanol–water partition coefficient (Wildman–Crippen LogP) is 1.81. The van der Waals surface area contributed by atoms with E-state index in [4.69, 9.17) is 0 Å². The van der Waals surface area contributed by atoms with Crippen molar-refractivity contribution >= 4 is 42.1 Å². The van der Waals surface area contributed by atoms with Gasteiger partial charge in [-0.2, -0.15) is 0 Å². The van der Waals surface area contributed by atoms with Crippen LogP contribution in [0.3, 0.4) is 0 Å². The molecule has 126 valence electrons. The summed E-state index contributed by atoms with van der Waals surface area (Å²) in [6, 6.07) is 0.240. The third-order valence-corrected chi connectivity index (χ3v) is 4.40. The minimum atomic E-state index is 0. The molecule has 1 aliphatic rings. The molecule has 1 fully saturated rings. The molecule has 0 spiro atoms. The molecule has 0 radical (unpaired) electrons. The molecule has 0 unspecified atom stereocenters. The van der Waals surface area contributed by atoms with Gasteiger partial charge in [0.15, 0.2) is 0 Å². The number of nitrogens with one attached hydrogen (secondary N) is 1. The molecule has 1 saturated heterocycles. The van der Waals surface area contributed by atoms with Gasteiger partial charge in [-0.1, -0.05) is 0 Å². The maximum absolute atomic E-state index is 12.4. The average Bonchev–Trinajstić information content (AvgIpc) is 2.97. The van der Waals surface area contributed by atoms with Gasteiger partial charge >= 0.3 is 0 Å². The summed E-state index contributed by atoms with van der Waals surface area (Å²) in [5, 5.41) is 6.02. The minimum absolute atomic E-state index is 0. The highest BCUT2D eigenvalue weighted by atomic mass is 35.5. The maximum Gasteiger partial charge on any atom is 0.228 e. The van der Waals surface area contributed by atoms with Gasteiger partial charge in [0.25, 0.3) is 0 Å². The molecule has 1 atom stereocenters. The smallest absolute Gasteiger partial charge is 0.228 e. The first kappa shape index (κ1) is 19.8. The second-order valence-corrected chi connectivity index (χ2v) is 5.91. The summed E-state index contributed by atoms with van der Waals surface area (Å²) >= 11 is 1.50. The standard InChI is InChI=1S/C14H17N5OS.2ClH/c1-10-7-16-4-5-19(10)13(20)6-11-9-21-14(18-11)12-8-15-2-3-17-12;;/h2-3,8-10,16H,4-7H2,1H3;2*1H/t10-;;/m0../s1. The summed E-state index contributed by atoms with van der Waals surface area (Å²) in [6.45, 7) is 4.54. The lowest BCUT2D eigenvalue weighted by atomic mass is 10.2. The topological polar surface area (TPSA) is 71.0 Å². The molecule has 0 aromatic carbocycles. The zero-order valence-corrected chi connectivity index (χ0v) is 15.1. The number of carbonyl (C=O) groups excluding carboxylic acids is 1. The van der Waals surface area contributed by atoms with Crippen molar-refractivity contribution in [1.29, 1.82) is 0 Å². The van der Waals surface area contributed by atoms with Crippen molar-refractivity contribution in [3.05, 3.63) is 29.7 Å². The summed E-state index contributed by atoms with van der Waals surface area (Å²) in [7, 11) is 0. The van der Waals surface area contributed by atoms with Crippen LogP contribution in [0.4, 0.5) is 0 Å². The number of carbonyl (C=O) groups is 1. The van der Waals surface area contributed by atoms with E-state index in [1.807, 2.05) is 10.3 Å². The van der Waals surface area contributed by atoms with Crippen LogP contribution in [0.1, 0.15) is 12.6 Å². The lowest BCUT2D eigenvalue weighted by Crippen LogP contribution is -2.52. The highest BCUT2D eigenvalue weighted by Gasteiger charge is 2.23. The first-order valence-electron chi connectivity index (χ1n) is 6.95. The van der Waals surface area contributed by atoms with Gasteiger partial charge in [0, 0.05) is 43.4 Å². The summed E-state index contributed by atoms with van der Waals surface area (Å²) in [4.78, 5) is 27.0. The van der Waals surface area contributed by atoms with Crippen molar-refractivity contribution in [1.82, 2.24) is 25.2 Å². The van der Waals surface area contributed by atoms with Crippen molar-refractivity contribution in [2.75, 3.05) is 19.6 Å². The predicted molar refractivity (Wildman–Crippen MR) is 95.4 cm³/mol. The van der Waals surface area contributed by atoms with Crippen LogP contribution in [0, 0.1) is 0 Å². The molecule has 0 aliphatic carbocycles. The van der Waals surface area contributed by atoms with E-state index < -0.39 is 0 Å². The van der Waals surface area contributed by atoms with Crippen molar-refractivity contribution in [3.8, 4) is 10.7 Å². The molecular weight excluding hydrogens is 357 g/mol. The Morgan fingerprint density at radius 2 is 2.26 bits per heavy atom. The van der Waals surface area contributed by atoms with Crippen molar-refractivity contribution in [2.24, 2.45) is 0 Å². The van der Waals surface area contributed by atoms with Gasteiger partial charge in [-0.15, -0.1) is 36.2 Å². The van der Waals surface area contributed by atoms with Crippen molar-refractivity contribution in [3.63, 3.8) is 0 Å². The van der Waals surface area contributed by atoms with E-state index in [-0.39, 0.29) is 36.8 Å². The number of halogens is 2. The third-order valence-electron chi connectivity index (χ3n) is 3.49. The highest BCUT2D eigenvalue weighted by Crippen LogP contribution is 2.21. The number of hydrogen-bond donors (Lipinski definition) is 1. The minimum Gasteiger partial charge on any atom is -0.337 e. The van der Waals surface area contributed by atoms with E-state index in [0.717, 1.165) is 36.0 Å². The lowest BCUT2D eigenvalue weighted by molar-refractivity contribution is -0.133. The van der Waals surface area contributed by atoms with Gasteiger partial charge in [0.2, 0.25) is 5.91 Å². The second kappa shape index (κ2) is 9.12. The Balaban J connectivity index is 0.00000132. The Hall–Kier alpha value is -1.28. The summed E-state index contributed by atoms with van der Waals surface area (Å²) in [5.41, 5.74) is 1.55. The van der Waals surface area contributed by atoms with Crippen LogP contribution in [-0.2, 0) is 11.2 Å². The molecule has 3 heterocycles. The average molecular weight is 376 g/mol. The van der Waals surface area contributed by atoms with Crippen molar-refractivity contribution in [2.45, 2.75) is 19.4 Å². The van der Waals surface area contributed by atoms with E-state index in [2.05, 4.69) is 27.2 Å². The Morgan fingerprint density at radius 3 is 2.96 bits per heavy atom. The molecular formula is C14H19Cl2N5OS. The van der Waals surface area contributed by atoms with Gasteiger partial charge in [0.05, 0.1) is 18.3 Å². The van der Waals surface area contributed by atoms with E-state index in [1.54, 1.807) is 18.6 Å². The molecule has 2 aromatic rings. The number of rotatable bonds is 3. The maximum atomic E-state index is 12.4. The largest absolute Gasteiger partial charge is 0.337 e. The fraction of sp³-hybridized carbons (Fsp3) is 0.429. The van der Waals surface area contributed by atoms with Crippen LogP contribution < -0.4 is 5.32 Å².